The summed E-state index contributed by atoms with van der Waals surface area (Å²) in [6, 6.07) is 5.66. The third kappa shape index (κ3) is 2.64. The summed E-state index contributed by atoms with van der Waals surface area (Å²) in [5.74, 6) is 2.28. The average Bonchev–Trinajstić information content (AvgIpc) is 2.28. The zero-order valence-corrected chi connectivity index (χ0v) is 10.6. The quantitative estimate of drug-likeness (QED) is 0.848. The van der Waals surface area contributed by atoms with E-state index in [1.807, 2.05) is 25.1 Å². The molecule has 0 saturated carbocycles. The lowest BCUT2D eigenvalue weighted by molar-refractivity contribution is 0.0346. The summed E-state index contributed by atoms with van der Waals surface area (Å²) in [5, 5.41) is 3.20. The maximum Gasteiger partial charge on any atom is 0.164 e. The molecule has 94 valence electrons. The topological polar surface area (TPSA) is 39.7 Å². The van der Waals surface area contributed by atoms with Crippen LogP contribution < -0.4 is 19.5 Å². The van der Waals surface area contributed by atoms with Gasteiger partial charge in [0.25, 0.3) is 0 Å². The predicted octanol–water partition coefficient (Wildman–Crippen LogP) is 1.83. The molecule has 1 heterocycles. The Labute approximate surface area is 102 Å². The molecule has 0 spiro atoms. The van der Waals surface area contributed by atoms with Crippen molar-refractivity contribution >= 4 is 0 Å². The standard InChI is InChI=1S/C13H19NO3/c1-4-16-12-7-10(5-6-11(12)15-3)17-13(2)8-14-9-13/h5-7,14H,4,8-9H2,1-3H3. The number of hydrogen-bond donors (Lipinski definition) is 1. The highest BCUT2D eigenvalue weighted by Gasteiger charge is 2.33. The molecule has 4 heteroatoms. The third-order valence-corrected chi connectivity index (χ3v) is 2.80. The van der Waals surface area contributed by atoms with Gasteiger partial charge in [-0.3, -0.25) is 0 Å². The van der Waals surface area contributed by atoms with E-state index in [4.69, 9.17) is 14.2 Å². The van der Waals surface area contributed by atoms with Gasteiger partial charge in [0.2, 0.25) is 0 Å². The molecule has 0 amide bonds. The number of hydrogen-bond acceptors (Lipinski definition) is 4. The molecule has 0 aliphatic carbocycles. The number of rotatable bonds is 5. The Morgan fingerprint density at radius 2 is 2.06 bits per heavy atom. The number of nitrogens with one attached hydrogen (secondary N) is 1. The largest absolute Gasteiger partial charge is 0.493 e. The van der Waals surface area contributed by atoms with Crippen molar-refractivity contribution in [1.29, 1.82) is 0 Å². The summed E-state index contributed by atoms with van der Waals surface area (Å²) in [7, 11) is 1.63. The first-order valence-electron chi connectivity index (χ1n) is 5.87. The Hall–Kier alpha value is -1.42. The molecule has 17 heavy (non-hydrogen) atoms. The van der Waals surface area contributed by atoms with E-state index in [1.165, 1.54) is 0 Å². The highest BCUT2D eigenvalue weighted by molar-refractivity contribution is 5.45. The van der Waals surface area contributed by atoms with Gasteiger partial charge in [-0.15, -0.1) is 0 Å². The van der Waals surface area contributed by atoms with Crippen LogP contribution in [0.3, 0.4) is 0 Å². The SMILES string of the molecule is CCOc1cc(OC2(C)CNC2)ccc1OC. The lowest BCUT2D eigenvalue weighted by Gasteiger charge is -2.39. The van der Waals surface area contributed by atoms with Crippen molar-refractivity contribution < 1.29 is 14.2 Å². The molecule has 0 radical (unpaired) electrons. The zero-order chi connectivity index (χ0) is 12.3. The van der Waals surface area contributed by atoms with Gasteiger partial charge in [-0.2, -0.15) is 0 Å². The van der Waals surface area contributed by atoms with Crippen LogP contribution in [0.4, 0.5) is 0 Å². The highest BCUT2D eigenvalue weighted by atomic mass is 16.5. The number of methoxy groups -OCH3 is 1. The van der Waals surface area contributed by atoms with Crippen LogP contribution in [0.2, 0.25) is 0 Å². The van der Waals surface area contributed by atoms with Gasteiger partial charge in [-0.25, -0.2) is 0 Å². The second kappa shape index (κ2) is 4.84. The van der Waals surface area contributed by atoms with E-state index < -0.39 is 0 Å². The van der Waals surface area contributed by atoms with Crippen LogP contribution >= 0.6 is 0 Å². The van der Waals surface area contributed by atoms with Crippen LogP contribution in [0.5, 0.6) is 17.2 Å². The molecule has 0 atom stereocenters. The normalized spacial score (nSPS) is 17.1. The van der Waals surface area contributed by atoms with Crippen LogP contribution in [0, 0.1) is 0 Å². The van der Waals surface area contributed by atoms with E-state index in [-0.39, 0.29) is 5.60 Å². The molecule has 1 N–H and O–H groups in total. The van der Waals surface area contributed by atoms with Gasteiger partial charge in [0, 0.05) is 19.2 Å². The fourth-order valence-electron chi connectivity index (χ4n) is 1.82. The Morgan fingerprint density at radius 1 is 1.29 bits per heavy atom. The maximum absolute atomic E-state index is 5.93. The lowest BCUT2D eigenvalue weighted by Crippen LogP contribution is -2.60. The molecular formula is C13H19NO3. The third-order valence-electron chi connectivity index (χ3n) is 2.80. The van der Waals surface area contributed by atoms with Crippen molar-refractivity contribution in [3.63, 3.8) is 0 Å². The van der Waals surface area contributed by atoms with E-state index in [0.29, 0.717) is 6.61 Å². The second-order valence-corrected chi connectivity index (χ2v) is 4.40. The highest BCUT2D eigenvalue weighted by Crippen LogP contribution is 2.33. The van der Waals surface area contributed by atoms with E-state index in [1.54, 1.807) is 7.11 Å². The van der Waals surface area contributed by atoms with Crippen molar-refractivity contribution in [2.24, 2.45) is 0 Å². The fourth-order valence-corrected chi connectivity index (χ4v) is 1.82. The van der Waals surface area contributed by atoms with E-state index in [0.717, 1.165) is 30.3 Å². The molecule has 1 aliphatic heterocycles. The first-order chi connectivity index (χ1) is 8.17. The summed E-state index contributed by atoms with van der Waals surface area (Å²) < 4.78 is 16.7. The maximum atomic E-state index is 5.93. The van der Waals surface area contributed by atoms with E-state index >= 15 is 0 Å². The van der Waals surface area contributed by atoms with Crippen molar-refractivity contribution in [2.75, 3.05) is 26.8 Å². The van der Waals surface area contributed by atoms with Crippen molar-refractivity contribution in [3.05, 3.63) is 18.2 Å². The second-order valence-electron chi connectivity index (χ2n) is 4.40. The first kappa shape index (κ1) is 12.0. The summed E-state index contributed by atoms with van der Waals surface area (Å²) in [6.07, 6.45) is 0. The van der Waals surface area contributed by atoms with Gasteiger partial charge in [0.1, 0.15) is 11.4 Å². The number of benzene rings is 1. The Kier molecular flexibility index (Phi) is 3.43. The summed E-state index contributed by atoms with van der Waals surface area (Å²) in [5.41, 5.74) is -0.0991. The Bertz CT molecular complexity index is 388. The molecule has 1 saturated heterocycles. The average molecular weight is 237 g/mol. The molecule has 1 aliphatic rings. The minimum atomic E-state index is -0.0991. The van der Waals surface area contributed by atoms with Crippen molar-refractivity contribution in [2.45, 2.75) is 19.4 Å². The smallest absolute Gasteiger partial charge is 0.164 e. The summed E-state index contributed by atoms with van der Waals surface area (Å²) in [4.78, 5) is 0. The molecule has 0 bridgehead atoms. The van der Waals surface area contributed by atoms with Gasteiger partial charge >= 0.3 is 0 Å². The van der Waals surface area contributed by atoms with Gasteiger partial charge in [0.15, 0.2) is 11.5 Å². The van der Waals surface area contributed by atoms with Gasteiger partial charge in [0.05, 0.1) is 13.7 Å². The predicted molar refractivity (Wildman–Crippen MR) is 66.1 cm³/mol. The zero-order valence-electron chi connectivity index (χ0n) is 10.6. The molecule has 2 rings (SSSR count). The molecule has 0 aromatic heterocycles. The van der Waals surface area contributed by atoms with Crippen LogP contribution in [0.15, 0.2) is 18.2 Å². The van der Waals surface area contributed by atoms with Crippen LogP contribution in [0.1, 0.15) is 13.8 Å². The van der Waals surface area contributed by atoms with Gasteiger partial charge in [-0.1, -0.05) is 0 Å². The molecule has 0 unspecified atom stereocenters. The summed E-state index contributed by atoms with van der Waals surface area (Å²) >= 11 is 0. The molecule has 1 fully saturated rings. The minimum absolute atomic E-state index is 0.0991. The number of ether oxygens (including phenoxy) is 3. The Balaban J connectivity index is 2.15. The van der Waals surface area contributed by atoms with Gasteiger partial charge in [-0.05, 0) is 26.0 Å². The first-order valence-corrected chi connectivity index (χ1v) is 5.87. The minimum Gasteiger partial charge on any atom is -0.493 e. The van der Waals surface area contributed by atoms with Crippen molar-refractivity contribution in [1.82, 2.24) is 5.32 Å². The monoisotopic (exact) mass is 237 g/mol. The lowest BCUT2D eigenvalue weighted by atomic mass is 10.00. The van der Waals surface area contributed by atoms with Crippen LogP contribution in [-0.2, 0) is 0 Å². The summed E-state index contributed by atoms with van der Waals surface area (Å²) in [6.45, 7) is 6.41. The van der Waals surface area contributed by atoms with E-state index in [9.17, 15) is 0 Å². The van der Waals surface area contributed by atoms with Crippen LogP contribution in [0.25, 0.3) is 0 Å². The van der Waals surface area contributed by atoms with E-state index in [2.05, 4.69) is 12.2 Å². The molecule has 1 aromatic carbocycles. The van der Waals surface area contributed by atoms with Crippen LogP contribution in [-0.4, -0.2) is 32.4 Å². The Morgan fingerprint density at radius 3 is 2.59 bits per heavy atom. The molecule has 1 aromatic rings. The molecule has 4 nitrogen and oxygen atoms in total. The van der Waals surface area contributed by atoms with Gasteiger partial charge < -0.3 is 19.5 Å². The molecular weight excluding hydrogens is 218 g/mol. The van der Waals surface area contributed by atoms with Crippen molar-refractivity contribution in [3.8, 4) is 17.2 Å². The fraction of sp³-hybridized carbons (Fsp3) is 0.538.